The van der Waals surface area contributed by atoms with Crippen LogP contribution < -0.4 is 0 Å². The number of hydrogen-bond acceptors (Lipinski definition) is 0. The number of benzene rings is 8. The van der Waals surface area contributed by atoms with Crippen molar-refractivity contribution in [1.82, 2.24) is 9.13 Å². The summed E-state index contributed by atoms with van der Waals surface area (Å²) in [5.74, 6) is 0. The molecule has 8 aromatic carbocycles. The van der Waals surface area contributed by atoms with Gasteiger partial charge < -0.3 is 9.13 Å². The van der Waals surface area contributed by atoms with Gasteiger partial charge in [0.2, 0.25) is 0 Å². The summed E-state index contributed by atoms with van der Waals surface area (Å²) < 4.78 is 93.7. The van der Waals surface area contributed by atoms with E-state index >= 15 is 13.2 Å². The average Bonchev–Trinajstić information content (AvgIpc) is 3.74. The van der Waals surface area contributed by atoms with Gasteiger partial charge in [0.1, 0.15) is 0 Å². The first-order valence-corrected chi connectivity index (χ1v) is 20.3. The normalized spacial score (nSPS) is 12.4. The third-order valence-electron chi connectivity index (χ3n) is 12.1. The van der Waals surface area contributed by atoms with Crippen molar-refractivity contribution < 1.29 is 26.3 Å². The van der Waals surface area contributed by atoms with Crippen LogP contribution in [0.4, 0.5) is 26.3 Å². The Morgan fingerprint density at radius 3 is 1.31 bits per heavy atom. The highest BCUT2D eigenvalue weighted by molar-refractivity contribution is 6.13. The van der Waals surface area contributed by atoms with Crippen LogP contribution in [-0.2, 0) is 12.4 Å². The summed E-state index contributed by atoms with van der Waals surface area (Å²) in [7, 11) is 0. The average molecular weight is 829 g/mol. The fraction of sp³-hybridized carbons (Fsp3) is 0.111. The largest absolute Gasteiger partial charge is 0.417 e. The Kier molecular flexibility index (Phi) is 9.00. The van der Waals surface area contributed by atoms with Crippen molar-refractivity contribution in [1.29, 1.82) is 0 Å². The molecule has 8 heteroatoms. The number of para-hydroxylation sites is 2. The molecule has 0 aliphatic heterocycles. The van der Waals surface area contributed by atoms with E-state index in [0.717, 1.165) is 101 Å². The van der Waals surface area contributed by atoms with Gasteiger partial charge in [-0.1, -0.05) is 120 Å². The fourth-order valence-electron chi connectivity index (χ4n) is 9.34. The molecule has 0 amide bonds. The highest BCUT2D eigenvalue weighted by Gasteiger charge is 2.37. The second-order valence-electron chi connectivity index (χ2n) is 16.3. The van der Waals surface area contributed by atoms with Crippen LogP contribution in [0.15, 0.2) is 158 Å². The molecule has 0 spiro atoms. The Morgan fingerprint density at radius 2 is 0.823 bits per heavy atom. The van der Waals surface area contributed by atoms with Gasteiger partial charge in [-0.2, -0.15) is 26.3 Å². The molecule has 2 aromatic heterocycles. The molecule has 0 aliphatic carbocycles. The summed E-state index contributed by atoms with van der Waals surface area (Å²) in [5, 5.41) is 3.44. The SMILES string of the molecule is Cc1ccc(-c2ccc3c4ccccc4n(-c4cc(-c5cccc(C(F)(F)F)c5)c(C(F)(F)F)cc4-n4c5ccccc5c5ccc(-c6ccc(C)cc6C)cc54)c3c2)c(C)c1. The molecule has 2 nitrogen and oxygen atoms in total. The summed E-state index contributed by atoms with van der Waals surface area (Å²) in [4.78, 5) is 0. The second-order valence-corrected chi connectivity index (χ2v) is 16.3. The van der Waals surface area contributed by atoms with Crippen molar-refractivity contribution in [3.05, 3.63) is 191 Å². The number of nitrogens with zero attached hydrogens (tertiary/aromatic N) is 2. The third kappa shape index (κ3) is 6.44. The van der Waals surface area contributed by atoms with E-state index in [-0.39, 0.29) is 16.8 Å². The van der Waals surface area contributed by atoms with Gasteiger partial charge >= 0.3 is 12.4 Å². The number of aromatic nitrogens is 2. The van der Waals surface area contributed by atoms with Crippen LogP contribution in [0.25, 0.3) is 88.4 Å². The van der Waals surface area contributed by atoms with Crippen LogP contribution in [0.5, 0.6) is 0 Å². The van der Waals surface area contributed by atoms with Crippen LogP contribution in [0, 0.1) is 27.7 Å². The molecule has 0 radical (unpaired) electrons. The van der Waals surface area contributed by atoms with Crippen molar-refractivity contribution in [3.8, 4) is 44.8 Å². The molecule has 0 unspecified atom stereocenters. The van der Waals surface area contributed by atoms with Crippen LogP contribution in [0.1, 0.15) is 33.4 Å². The van der Waals surface area contributed by atoms with E-state index in [4.69, 9.17) is 0 Å². The molecule has 0 fully saturated rings. The number of rotatable bonds is 5. The second kappa shape index (κ2) is 14.3. The van der Waals surface area contributed by atoms with Gasteiger partial charge in [0, 0.05) is 21.5 Å². The van der Waals surface area contributed by atoms with E-state index in [2.05, 4.69) is 36.4 Å². The fourth-order valence-corrected chi connectivity index (χ4v) is 9.34. The molecule has 0 atom stereocenters. The van der Waals surface area contributed by atoms with Gasteiger partial charge in [-0.15, -0.1) is 0 Å². The Bertz CT molecular complexity index is 3430. The molecule has 0 N–H and O–H groups in total. The Morgan fingerprint density at radius 1 is 0.355 bits per heavy atom. The smallest absolute Gasteiger partial charge is 0.307 e. The lowest BCUT2D eigenvalue weighted by atomic mass is 9.95. The summed E-state index contributed by atoms with van der Waals surface area (Å²) in [6, 6.07) is 46.7. The molecule has 306 valence electrons. The van der Waals surface area contributed by atoms with Crippen molar-refractivity contribution in [2.24, 2.45) is 0 Å². The lowest BCUT2D eigenvalue weighted by Gasteiger charge is -2.23. The van der Waals surface area contributed by atoms with Gasteiger partial charge in [-0.3, -0.25) is 0 Å². The monoisotopic (exact) mass is 828 g/mol. The van der Waals surface area contributed by atoms with E-state index in [9.17, 15) is 13.2 Å². The van der Waals surface area contributed by atoms with Crippen LogP contribution >= 0.6 is 0 Å². The number of alkyl halides is 6. The molecule has 0 aliphatic rings. The first kappa shape index (κ1) is 39.1. The summed E-state index contributed by atoms with van der Waals surface area (Å²) in [6.45, 7) is 8.15. The maximum atomic E-state index is 15.7. The maximum absolute atomic E-state index is 15.7. The summed E-state index contributed by atoms with van der Waals surface area (Å²) in [6.07, 6.45) is -9.72. The van der Waals surface area contributed by atoms with Gasteiger partial charge in [0.05, 0.1) is 44.6 Å². The zero-order valence-corrected chi connectivity index (χ0v) is 34.2. The zero-order valence-electron chi connectivity index (χ0n) is 34.2. The van der Waals surface area contributed by atoms with E-state index in [1.54, 1.807) is 0 Å². The van der Waals surface area contributed by atoms with Crippen molar-refractivity contribution in [3.63, 3.8) is 0 Å². The topological polar surface area (TPSA) is 9.86 Å². The standard InChI is InChI=1S/C54H38F6N2/c1-31-16-20-39(33(3)24-31)36-18-22-43-41-12-5-7-14-47(41)61(49(43)27-36)51-29-45(35-10-9-11-38(26-35)53(55,56)57)46(54(58,59)60)30-52(51)62-48-15-8-6-13-42(48)44-23-19-37(28-50(44)62)40-21-17-32(2)25-34(40)4/h5-30H,1-4H3. The zero-order chi connectivity index (χ0) is 43.2. The number of fused-ring (bicyclic) bond motifs is 6. The molecule has 10 aromatic rings. The van der Waals surface area contributed by atoms with E-state index in [1.807, 2.05) is 122 Å². The summed E-state index contributed by atoms with van der Waals surface area (Å²) >= 11 is 0. The molecular formula is C54H38F6N2. The van der Waals surface area contributed by atoms with Crippen molar-refractivity contribution in [2.75, 3.05) is 0 Å². The molecule has 0 saturated carbocycles. The number of halogens is 6. The quantitative estimate of drug-likeness (QED) is 0.153. The lowest BCUT2D eigenvalue weighted by molar-refractivity contribution is -0.137. The van der Waals surface area contributed by atoms with Crippen LogP contribution in [0.2, 0.25) is 0 Å². The molecule has 0 bridgehead atoms. The van der Waals surface area contributed by atoms with Gasteiger partial charge in [0.15, 0.2) is 0 Å². The van der Waals surface area contributed by atoms with Gasteiger partial charge in [-0.25, -0.2) is 0 Å². The molecular weight excluding hydrogens is 791 g/mol. The van der Waals surface area contributed by atoms with E-state index < -0.39 is 23.5 Å². The Balaban J connectivity index is 1.38. The third-order valence-corrected chi connectivity index (χ3v) is 12.1. The minimum absolute atomic E-state index is 0.198. The highest BCUT2D eigenvalue weighted by atomic mass is 19.4. The Hall–Kier alpha value is -7.06. The molecule has 10 rings (SSSR count). The van der Waals surface area contributed by atoms with Gasteiger partial charge in [0.25, 0.3) is 0 Å². The van der Waals surface area contributed by atoms with Crippen molar-refractivity contribution >= 4 is 43.6 Å². The first-order chi connectivity index (χ1) is 29.7. The lowest BCUT2D eigenvalue weighted by Crippen LogP contribution is -2.12. The predicted octanol–water partition coefficient (Wildman–Crippen LogP) is 16.2. The van der Waals surface area contributed by atoms with Crippen LogP contribution in [-0.4, -0.2) is 9.13 Å². The first-order valence-electron chi connectivity index (χ1n) is 20.3. The maximum Gasteiger partial charge on any atom is 0.417 e. The molecule has 62 heavy (non-hydrogen) atoms. The van der Waals surface area contributed by atoms with Crippen molar-refractivity contribution in [2.45, 2.75) is 40.0 Å². The Labute approximate surface area is 353 Å². The van der Waals surface area contributed by atoms with E-state index in [1.165, 1.54) is 12.1 Å². The van der Waals surface area contributed by atoms with E-state index in [0.29, 0.717) is 16.7 Å². The molecule has 2 heterocycles. The predicted molar refractivity (Wildman–Crippen MR) is 240 cm³/mol. The van der Waals surface area contributed by atoms with Gasteiger partial charge in [-0.05, 0) is 121 Å². The number of aryl methyl sites for hydroxylation is 4. The summed E-state index contributed by atoms with van der Waals surface area (Å²) in [5.41, 5.74) is 8.92. The molecule has 0 saturated heterocycles. The van der Waals surface area contributed by atoms with Crippen LogP contribution in [0.3, 0.4) is 0 Å². The minimum atomic E-state index is -4.95. The number of hydrogen-bond donors (Lipinski definition) is 0. The minimum Gasteiger partial charge on any atom is -0.307 e. The highest BCUT2D eigenvalue weighted by Crippen LogP contribution is 2.46.